The Morgan fingerprint density at radius 2 is 2.06 bits per heavy atom. The topological polar surface area (TPSA) is 17.1 Å². The summed E-state index contributed by atoms with van der Waals surface area (Å²) in [5.41, 5.74) is 3.37. The fraction of sp³-hybridized carbons (Fsp3) is 0.312. The highest BCUT2D eigenvalue weighted by atomic mass is 16.1. The monoisotopic (exact) mass is 226 g/mol. The lowest BCUT2D eigenvalue weighted by atomic mass is 9.83. The summed E-state index contributed by atoms with van der Waals surface area (Å²) >= 11 is 0. The van der Waals surface area contributed by atoms with Gasteiger partial charge in [-0.2, -0.15) is 0 Å². The molecule has 88 valence electrons. The summed E-state index contributed by atoms with van der Waals surface area (Å²) < 4.78 is 0. The lowest BCUT2D eigenvalue weighted by Gasteiger charge is -2.22. The molecule has 17 heavy (non-hydrogen) atoms. The van der Waals surface area contributed by atoms with E-state index in [0.717, 1.165) is 17.5 Å². The predicted molar refractivity (Wildman–Crippen MR) is 72.0 cm³/mol. The van der Waals surface area contributed by atoms with Crippen molar-refractivity contribution in [2.45, 2.75) is 27.2 Å². The van der Waals surface area contributed by atoms with E-state index in [1.807, 2.05) is 18.2 Å². The van der Waals surface area contributed by atoms with Crippen LogP contribution in [0.25, 0.3) is 5.57 Å². The quantitative estimate of drug-likeness (QED) is 0.544. The number of rotatable bonds is 2. The van der Waals surface area contributed by atoms with Crippen LogP contribution in [-0.2, 0) is 0 Å². The van der Waals surface area contributed by atoms with Crippen LogP contribution in [0.5, 0.6) is 0 Å². The van der Waals surface area contributed by atoms with Crippen molar-refractivity contribution in [3.8, 4) is 0 Å². The molecule has 2 rings (SSSR count). The normalized spacial score (nSPS) is 17.7. The summed E-state index contributed by atoms with van der Waals surface area (Å²) in [5, 5.41) is 0. The van der Waals surface area contributed by atoms with Gasteiger partial charge < -0.3 is 0 Å². The van der Waals surface area contributed by atoms with Crippen LogP contribution in [0.4, 0.5) is 0 Å². The molecule has 0 unspecified atom stereocenters. The van der Waals surface area contributed by atoms with E-state index in [9.17, 15) is 4.79 Å². The van der Waals surface area contributed by atoms with Crippen molar-refractivity contribution in [3.05, 3.63) is 53.6 Å². The summed E-state index contributed by atoms with van der Waals surface area (Å²) in [6.45, 7) is 5.99. The van der Waals surface area contributed by atoms with Gasteiger partial charge >= 0.3 is 0 Å². The molecule has 1 aromatic carbocycles. The lowest BCUT2D eigenvalue weighted by Crippen LogP contribution is -2.07. The summed E-state index contributed by atoms with van der Waals surface area (Å²) in [5.74, 6) is 0.123. The molecule has 0 heterocycles. The van der Waals surface area contributed by atoms with Crippen molar-refractivity contribution in [1.82, 2.24) is 0 Å². The van der Waals surface area contributed by atoms with Gasteiger partial charge in [-0.3, -0.25) is 4.79 Å². The van der Waals surface area contributed by atoms with Crippen LogP contribution in [0, 0.1) is 5.41 Å². The van der Waals surface area contributed by atoms with Crippen LogP contribution in [0.2, 0.25) is 0 Å². The summed E-state index contributed by atoms with van der Waals surface area (Å²) in [4.78, 5) is 11.4. The third kappa shape index (κ3) is 2.73. The smallest absolute Gasteiger partial charge is 0.159 e. The highest BCUT2D eigenvalue weighted by Crippen LogP contribution is 2.32. The van der Waals surface area contributed by atoms with Crippen molar-refractivity contribution in [3.63, 3.8) is 0 Å². The fourth-order valence-electron chi connectivity index (χ4n) is 2.18. The van der Waals surface area contributed by atoms with E-state index in [4.69, 9.17) is 0 Å². The first-order valence-electron chi connectivity index (χ1n) is 5.99. The van der Waals surface area contributed by atoms with Crippen LogP contribution in [-0.4, -0.2) is 5.78 Å². The Kier molecular flexibility index (Phi) is 3.01. The minimum Gasteiger partial charge on any atom is -0.295 e. The van der Waals surface area contributed by atoms with E-state index in [1.165, 1.54) is 5.57 Å². The first-order chi connectivity index (χ1) is 7.98. The van der Waals surface area contributed by atoms with Crippen molar-refractivity contribution in [2.75, 3.05) is 0 Å². The van der Waals surface area contributed by atoms with Gasteiger partial charge in [-0.05, 0) is 30.5 Å². The zero-order valence-corrected chi connectivity index (χ0v) is 10.7. The van der Waals surface area contributed by atoms with Gasteiger partial charge in [-0.25, -0.2) is 0 Å². The van der Waals surface area contributed by atoms with Crippen LogP contribution < -0.4 is 0 Å². The molecule has 1 heteroatoms. The molecule has 0 atom stereocenters. The Balaban J connectivity index is 2.38. The Bertz CT molecular complexity index is 504. The largest absolute Gasteiger partial charge is 0.295 e. The molecule has 0 aliphatic heterocycles. The molecular formula is C16H18O. The van der Waals surface area contributed by atoms with Gasteiger partial charge in [0.2, 0.25) is 0 Å². The second kappa shape index (κ2) is 4.33. The van der Waals surface area contributed by atoms with Gasteiger partial charge in [-0.1, -0.05) is 50.3 Å². The first-order valence-corrected chi connectivity index (χ1v) is 5.99. The molecule has 0 bridgehead atoms. The maximum Gasteiger partial charge on any atom is 0.159 e. The molecule has 1 aliphatic rings. The first kappa shape index (κ1) is 11.8. The van der Waals surface area contributed by atoms with Crippen LogP contribution in [0.3, 0.4) is 0 Å². The van der Waals surface area contributed by atoms with Crippen molar-refractivity contribution in [1.29, 1.82) is 0 Å². The molecule has 1 aliphatic carbocycles. The number of hydrogen-bond donors (Lipinski definition) is 0. The molecule has 0 saturated heterocycles. The van der Waals surface area contributed by atoms with E-state index in [-0.39, 0.29) is 11.2 Å². The number of ketones is 1. The van der Waals surface area contributed by atoms with Crippen molar-refractivity contribution in [2.24, 2.45) is 5.41 Å². The lowest BCUT2D eigenvalue weighted by molar-refractivity contribution is 0.101. The Labute approximate surface area is 103 Å². The number of carbonyl (C=O) groups excluding carboxylic acids is 1. The van der Waals surface area contributed by atoms with Gasteiger partial charge in [0.15, 0.2) is 5.78 Å². The maximum absolute atomic E-state index is 11.4. The number of hydrogen-bond acceptors (Lipinski definition) is 1. The number of Topliss-reactive ketones (excluding diaryl/α,β-unsaturated/α-hetero) is 1. The molecule has 0 saturated carbocycles. The second-order valence-corrected chi connectivity index (χ2v) is 5.23. The molecule has 0 radical (unpaired) electrons. The van der Waals surface area contributed by atoms with Gasteiger partial charge in [-0.15, -0.1) is 0 Å². The Morgan fingerprint density at radius 3 is 2.71 bits per heavy atom. The van der Waals surface area contributed by atoms with Crippen LogP contribution in [0.1, 0.15) is 43.1 Å². The van der Waals surface area contributed by atoms with E-state index in [1.54, 1.807) is 6.92 Å². The summed E-state index contributed by atoms with van der Waals surface area (Å²) in [7, 11) is 0. The Hall–Kier alpha value is -1.63. The highest BCUT2D eigenvalue weighted by molar-refractivity contribution is 5.95. The fourth-order valence-corrected chi connectivity index (χ4v) is 2.18. The minimum absolute atomic E-state index is 0.111. The summed E-state index contributed by atoms with van der Waals surface area (Å²) in [6.07, 6.45) is 7.66. The number of benzene rings is 1. The predicted octanol–water partition coefficient (Wildman–Crippen LogP) is 4.26. The van der Waals surface area contributed by atoms with Gasteiger partial charge in [0, 0.05) is 11.0 Å². The van der Waals surface area contributed by atoms with Gasteiger partial charge in [0.1, 0.15) is 0 Å². The van der Waals surface area contributed by atoms with E-state index in [2.05, 4.69) is 38.1 Å². The minimum atomic E-state index is 0.111. The SMILES string of the molecule is CC(=O)c1cccc(C2=CC(C)(C)C=CC2)c1. The van der Waals surface area contributed by atoms with E-state index in [0.29, 0.717) is 0 Å². The maximum atomic E-state index is 11.4. The molecule has 0 N–H and O–H groups in total. The standard InChI is InChI=1S/C16H18O/c1-12(17)13-6-4-7-14(10-13)15-8-5-9-16(2,3)11-15/h4-7,9-11H,8H2,1-3H3. The van der Waals surface area contributed by atoms with Crippen LogP contribution in [0.15, 0.2) is 42.5 Å². The molecular weight excluding hydrogens is 208 g/mol. The van der Waals surface area contributed by atoms with Crippen molar-refractivity contribution < 1.29 is 4.79 Å². The highest BCUT2D eigenvalue weighted by Gasteiger charge is 2.16. The zero-order chi connectivity index (χ0) is 12.5. The third-order valence-electron chi connectivity index (χ3n) is 3.07. The van der Waals surface area contributed by atoms with Gasteiger partial charge in [0.25, 0.3) is 0 Å². The number of carbonyl (C=O) groups is 1. The molecule has 1 nitrogen and oxygen atoms in total. The molecule has 0 spiro atoms. The number of allylic oxidation sites excluding steroid dienone is 4. The van der Waals surface area contributed by atoms with Crippen LogP contribution >= 0.6 is 0 Å². The third-order valence-corrected chi connectivity index (χ3v) is 3.07. The Morgan fingerprint density at radius 1 is 1.29 bits per heavy atom. The molecule has 0 aromatic heterocycles. The van der Waals surface area contributed by atoms with Gasteiger partial charge in [0.05, 0.1) is 0 Å². The second-order valence-electron chi connectivity index (χ2n) is 5.23. The van der Waals surface area contributed by atoms with E-state index < -0.39 is 0 Å². The van der Waals surface area contributed by atoms with Crippen molar-refractivity contribution >= 4 is 11.4 Å². The summed E-state index contributed by atoms with van der Waals surface area (Å²) in [6, 6.07) is 7.89. The zero-order valence-electron chi connectivity index (χ0n) is 10.7. The molecule has 1 aromatic rings. The molecule has 0 fully saturated rings. The van der Waals surface area contributed by atoms with E-state index >= 15 is 0 Å². The molecule has 0 amide bonds. The average molecular weight is 226 g/mol. The average Bonchev–Trinajstić information content (AvgIpc) is 2.28.